The van der Waals surface area contributed by atoms with Crippen molar-refractivity contribution in [2.24, 2.45) is 0 Å². The Labute approximate surface area is 122 Å². The van der Waals surface area contributed by atoms with E-state index in [1.54, 1.807) is 18.2 Å². The molecule has 1 N–H and O–H groups in total. The van der Waals surface area contributed by atoms with Crippen LogP contribution in [0, 0.1) is 0 Å². The van der Waals surface area contributed by atoms with Gasteiger partial charge in [0.05, 0.1) is 4.90 Å². The summed E-state index contributed by atoms with van der Waals surface area (Å²) < 4.78 is 65.0. The average molecular weight is 322 g/mol. The van der Waals surface area contributed by atoms with Crippen LogP contribution in [-0.2, 0) is 10.0 Å². The molecule has 0 saturated carbocycles. The second-order valence-corrected chi connectivity index (χ2v) is 6.92. The van der Waals surface area contributed by atoms with Gasteiger partial charge in [-0.25, -0.2) is 13.1 Å². The van der Waals surface area contributed by atoms with Crippen molar-refractivity contribution >= 4 is 10.0 Å². The van der Waals surface area contributed by atoms with Crippen LogP contribution in [0.4, 0.5) is 13.2 Å². The van der Waals surface area contributed by atoms with Crippen molar-refractivity contribution < 1.29 is 21.6 Å². The molecule has 0 radical (unpaired) electrons. The average Bonchev–Trinajstić information content (AvgIpc) is 2.37. The third kappa shape index (κ3) is 3.96. The van der Waals surface area contributed by atoms with E-state index in [0.717, 1.165) is 4.90 Å². The van der Waals surface area contributed by atoms with Crippen molar-refractivity contribution in [2.75, 3.05) is 13.6 Å². The van der Waals surface area contributed by atoms with Crippen molar-refractivity contribution in [1.29, 1.82) is 0 Å². The number of nitrogens with zero attached hydrogens (tertiary/aromatic N) is 1. The first-order valence-electron chi connectivity index (χ1n) is 6.54. The molecule has 118 valence electrons. The van der Waals surface area contributed by atoms with Gasteiger partial charge in [-0.2, -0.15) is 13.2 Å². The minimum Gasteiger partial charge on any atom is -0.294 e. The number of benzene rings is 1. The number of sulfonamides is 1. The van der Waals surface area contributed by atoms with Crippen LogP contribution in [0.1, 0.15) is 12.8 Å². The minimum atomic E-state index is -4.28. The predicted molar refractivity (Wildman–Crippen MR) is 72.3 cm³/mol. The zero-order valence-corrected chi connectivity index (χ0v) is 12.3. The fourth-order valence-corrected chi connectivity index (χ4v) is 3.83. The van der Waals surface area contributed by atoms with Gasteiger partial charge in [0.15, 0.2) is 0 Å². The van der Waals surface area contributed by atoms with Crippen molar-refractivity contribution in [3.8, 4) is 0 Å². The number of likely N-dealkylation sites (tertiary alicyclic amines) is 1. The molecule has 1 fully saturated rings. The van der Waals surface area contributed by atoms with Gasteiger partial charge in [-0.1, -0.05) is 18.2 Å². The molecule has 2 rings (SSSR count). The molecule has 0 unspecified atom stereocenters. The zero-order chi connectivity index (χ0) is 15.7. The lowest BCUT2D eigenvalue weighted by atomic mass is 9.99. The molecule has 0 bridgehead atoms. The smallest absolute Gasteiger partial charge is 0.294 e. The van der Waals surface area contributed by atoms with Gasteiger partial charge < -0.3 is 0 Å². The molecule has 0 amide bonds. The maximum Gasteiger partial charge on any atom is 0.404 e. The van der Waals surface area contributed by atoms with Gasteiger partial charge in [0, 0.05) is 12.6 Å². The lowest BCUT2D eigenvalue weighted by molar-refractivity contribution is -0.188. The molecule has 1 aromatic rings. The Kier molecular flexibility index (Phi) is 4.60. The summed E-state index contributed by atoms with van der Waals surface area (Å²) in [5.74, 6) is 0. The number of nitrogens with one attached hydrogen (secondary N) is 1. The largest absolute Gasteiger partial charge is 0.404 e. The van der Waals surface area contributed by atoms with Gasteiger partial charge >= 0.3 is 6.18 Å². The van der Waals surface area contributed by atoms with Gasteiger partial charge in [0.25, 0.3) is 0 Å². The number of alkyl halides is 3. The topological polar surface area (TPSA) is 49.4 Å². The molecule has 1 aliphatic rings. The summed E-state index contributed by atoms with van der Waals surface area (Å²) in [6, 6.07) is 5.78. The Morgan fingerprint density at radius 2 is 1.81 bits per heavy atom. The fraction of sp³-hybridized carbons (Fsp3) is 0.538. The lowest BCUT2D eigenvalue weighted by Gasteiger charge is -2.38. The molecular formula is C13H17F3N2O2S. The van der Waals surface area contributed by atoms with Gasteiger partial charge in [-0.05, 0) is 32.0 Å². The van der Waals surface area contributed by atoms with Crippen LogP contribution in [0.2, 0.25) is 0 Å². The molecule has 2 atom stereocenters. The maximum atomic E-state index is 12.7. The Morgan fingerprint density at radius 1 is 1.19 bits per heavy atom. The first-order chi connectivity index (χ1) is 9.70. The molecule has 0 spiro atoms. The minimum absolute atomic E-state index is 0.0379. The molecule has 4 nitrogen and oxygen atoms in total. The molecular weight excluding hydrogens is 305 g/mol. The molecule has 21 heavy (non-hydrogen) atoms. The van der Waals surface area contributed by atoms with Crippen LogP contribution in [0.3, 0.4) is 0 Å². The van der Waals surface area contributed by atoms with Gasteiger partial charge in [-0.3, -0.25) is 4.90 Å². The normalized spacial score (nSPS) is 25.0. The maximum absolute atomic E-state index is 12.7. The van der Waals surface area contributed by atoms with Crippen molar-refractivity contribution in [3.63, 3.8) is 0 Å². The summed E-state index contributed by atoms with van der Waals surface area (Å²) in [5, 5.41) is 0. The first kappa shape index (κ1) is 16.3. The summed E-state index contributed by atoms with van der Waals surface area (Å²) in [4.78, 5) is 1.27. The van der Waals surface area contributed by atoms with E-state index in [0.29, 0.717) is 0 Å². The second kappa shape index (κ2) is 5.94. The highest BCUT2D eigenvalue weighted by Gasteiger charge is 2.45. The van der Waals surface area contributed by atoms with Crippen LogP contribution in [0.25, 0.3) is 0 Å². The van der Waals surface area contributed by atoms with Crippen LogP contribution >= 0.6 is 0 Å². The third-order valence-electron chi connectivity index (χ3n) is 3.58. The van der Waals surface area contributed by atoms with Crippen LogP contribution < -0.4 is 4.72 Å². The van der Waals surface area contributed by atoms with E-state index in [-0.39, 0.29) is 24.3 Å². The molecule has 8 heteroatoms. The third-order valence-corrected chi connectivity index (χ3v) is 5.12. The number of halogens is 3. The molecule has 0 aromatic heterocycles. The molecule has 1 aromatic carbocycles. The highest BCUT2D eigenvalue weighted by molar-refractivity contribution is 7.89. The van der Waals surface area contributed by atoms with Crippen LogP contribution in [-0.4, -0.2) is 45.2 Å². The predicted octanol–water partition coefficient (Wildman–Crippen LogP) is 1.99. The Hall–Kier alpha value is -1.12. The summed E-state index contributed by atoms with van der Waals surface area (Å²) in [6.45, 7) is 0.0379. The monoisotopic (exact) mass is 322 g/mol. The molecule has 1 saturated heterocycles. The second-order valence-electron chi connectivity index (χ2n) is 5.21. The number of hydrogen-bond acceptors (Lipinski definition) is 3. The zero-order valence-electron chi connectivity index (χ0n) is 11.5. The van der Waals surface area contributed by atoms with Crippen LogP contribution in [0.5, 0.6) is 0 Å². The van der Waals surface area contributed by atoms with Crippen molar-refractivity contribution in [1.82, 2.24) is 9.62 Å². The van der Waals surface area contributed by atoms with E-state index in [1.807, 2.05) is 0 Å². The molecule has 1 aliphatic heterocycles. The van der Waals surface area contributed by atoms with E-state index in [9.17, 15) is 21.6 Å². The standard InChI is InChI=1S/C13H17F3N2O2S/c1-18-9-10(7-8-12(18)13(14,15)16)17-21(19,20)11-5-3-2-4-6-11/h2-6,10,12,17H,7-9H2,1H3/t10-,12-/m0/s1. The summed E-state index contributed by atoms with van der Waals surface area (Å²) in [6.07, 6.45) is -4.22. The fourth-order valence-electron chi connectivity index (χ4n) is 2.54. The number of hydrogen-bond donors (Lipinski definition) is 1. The summed E-state index contributed by atoms with van der Waals surface area (Å²) in [5.41, 5.74) is 0. The van der Waals surface area contributed by atoms with E-state index < -0.39 is 28.3 Å². The number of likely N-dealkylation sites (N-methyl/N-ethyl adjacent to an activating group) is 1. The highest BCUT2D eigenvalue weighted by atomic mass is 32.2. The highest BCUT2D eigenvalue weighted by Crippen LogP contribution is 2.31. The summed E-state index contributed by atoms with van der Waals surface area (Å²) in [7, 11) is -2.33. The summed E-state index contributed by atoms with van der Waals surface area (Å²) >= 11 is 0. The van der Waals surface area contributed by atoms with E-state index >= 15 is 0 Å². The Bertz CT molecular complexity index is 575. The van der Waals surface area contributed by atoms with Crippen molar-refractivity contribution in [3.05, 3.63) is 30.3 Å². The van der Waals surface area contributed by atoms with E-state index in [2.05, 4.69) is 4.72 Å². The van der Waals surface area contributed by atoms with Gasteiger partial charge in [0.1, 0.15) is 6.04 Å². The molecule has 0 aliphatic carbocycles. The Balaban J connectivity index is 2.03. The first-order valence-corrected chi connectivity index (χ1v) is 8.03. The van der Waals surface area contributed by atoms with Gasteiger partial charge in [-0.15, -0.1) is 0 Å². The van der Waals surface area contributed by atoms with Crippen molar-refractivity contribution in [2.45, 2.75) is 36.0 Å². The lowest BCUT2D eigenvalue weighted by Crippen LogP contribution is -2.54. The van der Waals surface area contributed by atoms with E-state index in [4.69, 9.17) is 0 Å². The Morgan fingerprint density at radius 3 is 2.33 bits per heavy atom. The van der Waals surface area contributed by atoms with E-state index in [1.165, 1.54) is 19.2 Å². The quantitative estimate of drug-likeness (QED) is 0.926. The van der Waals surface area contributed by atoms with Crippen LogP contribution in [0.15, 0.2) is 35.2 Å². The number of rotatable bonds is 3. The number of piperidine rings is 1. The molecule has 1 heterocycles. The SMILES string of the molecule is CN1C[C@@H](NS(=O)(=O)c2ccccc2)CC[C@H]1C(F)(F)F. The van der Waals surface area contributed by atoms with Gasteiger partial charge in [0.2, 0.25) is 10.0 Å².